The first-order valence-corrected chi connectivity index (χ1v) is 17.9. The fourth-order valence-electron chi connectivity index (χ4n) is 9.99. The summed E-state index contributed by atoms with van der Waals surface area (Å²) in [6.45, 7) is 0. The van der Waals surface area contributed by atoms with Crippen molar-refractivity contribution >= 4 is 11.4 Å². The van der Waals surface area contributed by atoms with Gasteiger partial charge in [-0.2, -0.15) is 0 Å². The smallest absolute Gasteiger partial charge is 0.0733 e. The molecule has 11 rings (SSSR count). The SMILES string of the molecule is c1ccc(C2(c3ccccc3Nc3cccc4c3-c3ccccc3C43c4ccccc4-c4ccccc43)c3ccccc3-c3ccccc32)cc1. The zero-order valence-corrected chi connectivity index (χ0v) is 28.0. The molecule has 0 amide bonds. The second-order valence-electron chi connectivity index (χ2n) is 14.0. The molecule has 0 aromatic heterocycles. The number of anilines is 2. The summed E-state index contributed by atoms with van der Waals surface area (Å²) in [6, 6.07) is 71.9. The number of benzene rings is 8. The Hall–Kier alpha value is -6.44. The van der Waals surface area contributed by atoms with Crippen LogP contribution in [0, 0.1) is 0 Å². The fraction of sp³-hybridized carbons (Fsp3) is 0.0400. The van der Waals surface area contributed by atoms with Crippen molar-refractivity contribution in [2.24, 2.45) is 0 Å². The summed E-state index contributed by atoms with van der Waals surface area (Å²) in [5.74, 6) is 0. The number of hydrogen-bond donors (Lipinski definition) is 1. The van der Waals surface area contributed by atoms with Gasteiger partial charge in [0.25, 0.3) is 0 Å². The molecule has 3 aliphatic rings. The van der Waals surface area contributed by atoms with Gasteiger partial charge in [0.15, 0.2) is 0 Å². The van der Waals surface area contributed by atoms with Crippen molar-refractivity contribution in [2.45, 2.75) is 10.8 Å². The van der Waals surface area contributed by atoms with Crippen molar-refractivity contribution in [1.82, 2.24) is 0 Å². The highest BCUT2D eigenvalue weighted by molar-refractivity contribution is 5.99. The second-order valence-corrected chi connectivity index (χ2v) is 14.0. The summed E-state index contributed by atoms with van der Waals surface area (Å²) in [6.07, 6.45) is 0. The molecule has 8 aromatic carbocycles. The minimum atomic E-state index is -0.502. The Labute approximate surface area is 298 Å². The standard InChI is InChI=1S/C50H33N/c1-2-17-33(18-3-1)49(39-24-9-4-19-34(39)35-20-5-10-25-40(35)49)44-29-14-15-31-46(44)51-47-32-16-30-45-48(47)38-23-8-13-28-43(38)50(45)41-26-11-6-21-36(41)37-22-7-12-27-42(37)50/h1-32,51H. The molecule has 1 heteroatoms. The van der Waals surface area contributed by atoms with Crippen LogP contribution in [-0.4, -0.2) is 0 Å². The first kappa shape index (κ1) is 28.4. The van der Waals surface area contributed by atoms with Crippen LogP contribution < -0.4 is 5.32 Å². The maximum Gasteiger partial charge on any atom is 0.0733 e. The Bertz CT molecular complexity index is 2590. The zero-order valence-electron chi connectivity index (χ0n) is 28.0. The minimum absolute atomic E-state index is 0.384. The van der Waals surface area contributed by atoms with E-state index in [9.17, 15) is 0 Å². The molecule has 0 saturated carbocycles. The summed E-state index contributed by atoms with van der Waals surface area (Å²) in [4.78, 5) is 0. The predicted octanol–water partition coefficient (Wildman–Crippen LogP) is 12.1. The van der Waals surface area contributed by atoms with Crippen molar-refractivity contribution in [3.63, 3.8) is 0 Å². The van der Waals surface area contributed by atoms with E-state index in [4.69, 9.17) is 0 Å². The zero-order chi connectivity index (χ0) is 33.6. The van der Waals surface area contributed by atoms with E-state index in [0.717, 1.165) is 11.4 Å². The molecule has 0 unspecified atom stereocenters. The molecular formula is C50H33N. The number of nitrogens with one attached hydrogen (secondary N) is 1. The van der Waals surface area contributed by atoms with Gasteiger partial charge in [-0.1, -0.05) is 182 Å². The largest absolute Gasteiger partial charge is 0.355 e. The highest BCUT2D eigenvalue weighted by Gasteiger charge is 2.52. The third kappa shape index (κ3) is 3.55. The molecule has 0 bridgehead atoms. The second kappa shape index (κ2) is 10.5. The summed E-state index contributed by atoms with van der Waals surface area (Å²) >= 11 is 0. The van der Waals surface area contributed by atoms with Gasteiger partial charge in [-0.3, -0.25) is 0 Å². The van der Waals surface area contributed by atoms with Gasteiger partial charge >= 0.3 is 0 Å². The van der Waals surface area contributed by atoms with Crippen LogP contribution in [0.5, 0.6) is 0 Å². The van der Waals surface area contributed by atoms with Crippen LogP contribution in [0.4, 0.5) is 11.4 Å². The predicted molar refractivity (Wildman–Crippen MR) is 210 cm³/mol. The molecule has 1 spiro atoms. The van der Waals surface area contributed by atoms with Crippen molar-refractivity contribution in [2.75, 3.05) is 5.32 Å². The minimum Gasteiger partial charge on any atom is -0.355 e. The molecule has 1 nitrogen and oxygen atoms in total. The molecule has 51 heavy (non-hydrogen) atoms. The van der Waals surface area contributed by atoms with Crippen molar-refractivity contribution in [1.29, 1.82) is 0 Å². The van der Waals surface area contributed by atoms with E-state index in [2.05, 4.69) is 199 Å². The van der Waals surface area contributed by atoms with Gasteiger partial charge in [-0.15, -0.1) is 0 Å². The lowest BCUT2D eigenvalue weighted by Gasteiger charge is -2.35. The van der Waals surface area contributed by atoms with Crippen LogP contribution in [0.15, 0.2) is 194 Å². The summed E-state index contributed by atoms with van der Waals surface area (Å²) in [7, 11) is 0. The van der Waals surface area contributed by atoms with Gasteiger partial charge < -0.3 is 5.32 Å². The molecule has 0 heterocycles. The van der Waals surface area contributed by atoms with Crippen LogP contribution in [0.3, 0.4) is 0 Å². The molecule has 0 radical (unpaired) electrons. The third-order valence-corrected chi connectivity index (χ3v) is 11.8. The van der Waals surface area contributed by atoms with Gasteiger partial charge in [0.05, 0.1) is 10.8 Å². The number of fused-ring (bicyclic) bond motifs is 13. The van der Waals surface area contributed by atoms with E-state index >= 15 is 0 Å². The third-order valence-electron chi connectivity index (χ3n) is 11.8. The number of rotatable bonds is 4. The summed E-state index contributed by atoms with van der Waals surface area (Å²) in [5.41, 5.74) is 19.7. The summed E-state index contributed by atoms with van der Waals surface area (Å²) in [5, 5.41) is 4.10. The molecular weight excluding hydrogens is 615 g/mol. The fourth-order valence-corrected chi connectivity index (χ4v) is 9.99. The lowest BCUT2D eigenvalue weighted by molar-refractivity contribution is 0.771. The Morgan fingerprint density at radius 3 is 1.18 bits per heavy atom. The maximum atomic E-state index is 4.10. The maximum absolute atomic E-state index is 4.10. The topological polar surface area (TPSA) is 12.0 Å². The monoisotopic (exact) mass is 647 g/mol. The van der Waals surface area contributed by atoms with E-state index in [0.29, 0.717) is 0 Å². The van der Waals surface area contributed by atoms with Gasteiger partial charge in [0.2, 0.25) is 0 Å². The van der Waals surface area contributed by atoms with Gasteiger partial charge in [-0.05, 0) is 84.5 Å². The van der Waals surface area contributed by atoms with Crippen molar-refractivity contribution < 1.29 is 0 Å². The normalized spacial score (nSPS) is 14.6. The Kier molecular flexibility index (Phi) is 5.86. The van der Waals surface area contributed by atoms with Gasteiger partial charge in [0.1, 0.15) is 0 Å². The van der Waals surface area contributed by atoms with E-state index in [-0.39, 0.29) is 5.41 Å². The molecule has 0 saturated heterocycles. The summed E-state index contributed by atoms with van der Waals surface area (Å²) < 4.78 is 0. The first-order valence-electron chi connectivity index (χ1n) is 17.9. The molecule has 1 N–H and O–H groups in total. The van der Waals surface area contributed by atoms with E-state index in [1.54, 1.807) is 0 Å². The molecule has 238 valence electrons. The Morgan fingerprint density at radius 1 is 0.255 bits per heavy atom. The van der Waals surface area contributed by atoms with Crippen LogP contribution >= 0.6 is 0 Å². The molecule has 0 aliphatic heterocycles. The van der Waals surface area contributed by atoms with Crippen LogP contribution in [0.2, 0.25) is 0 Å². The van der Waals surface area contributed by atoms with E-state index in [1.807, 2.05) is 0 Å². The molecule has 0 fully saturated rings. The quantitative estimate of drug-likeness (QED) is 0.200. The van der Waals surface area contributed by atoms with Crippen LogP contribution in [-0.2, 0) is 10.8 Å². The van der Waals surface area contributed by atoms with Crippen molar-refractivity contribution in [3.05, 3.63) is 239 Å². The molecule has 0 atom stereocenters. The van der Waals surface area contributed by atoms with Crippen LogP contribution in [0.25, 0.3) is 33.4 Å². The average molecular weight is 648 g/mol. The van der Waals surface area contributed by atoms with Crippen molar-refractivity contribution in [3.8, 4) is 33.4 Å². The lowest BCUT2D eigenvalue weighted by atomic mass is 9.67. The van der Waals surface area contributed by atoms with E-state index in [1.165, 1.54) is 77.9 Å². The van der Waals surface area contributed by atoms with E-state index < -0.39 is 5.41 Å². The molecule has 3 aliphatic carbocycles. The Balaban J connectivity index is 1.17. The number of para-hydroxylation sites is 1. The highest BCUT2D eigenvalue weighted by Crippen LogP contribution is 2.64. The molecule has 8 aromatic rings. The average Bonchev–Trinajstić information content (AvgIpc) is 3.79. The Morgan fingerprint density at radius 2 is 0.627 bits per heavy atom. The first-order chi connectivity index (χ1) is 25.3. The highest BCUT2D eigenvalue weighted by atomic mass is 14.9. The van der Waals surface area contributed by atoms with Gasteiger partial charge in [-0.25, -0.2) is 0 Å². The van der Waals surface area contributed by atoms with Crippen LogP contribution in [0.1, 0.15) is 44.5 Å². The van der Waals surface area contributed by atoms with Gasteiger partial charge in [0, 0.05) is 16.9 Å². The lowest BCUT2D eigenvalue weighted by Crippen LogP contribution is -2.29. The number of hydrogen-bond acceptors (Lipinski definition) is 1.